The van der Waals surface area contributed by atoms with Crippen molar-refractivity contribution < 1.29 is 23.8 Å². The van der Waals surface area contributed by atoms with Crippen LogP contribution in [0.3, 0.4) is 0 Å². The number of esters is 1. The Balaban J connectivity index is 1.85. The van der Waals surface area contributed by atoms with Crippen molar-refractivity contribution in [1.82, 2.24) is 0 Å². The molecule has 3 rings (SSSR count). The van der Waals surface area contributed by atoms with Gasteiger partial charge < -0.3 is 19.6 Å². The number of phenols is 1. The molecule has 0 aliphatic carbocycles. The molecule has 0 bridgehead atoms. The van der Waals surface area contributed by atoms with E-state index in [0.717, 1.165) is 5.56 Å². The molecule has 1 aromatic heterocycles. The van der Waals surface area contributed by atoms with Gasteiger partial charge in [0.25, 0.3) is 5.91 Å². The fourth-order valence-corrected chi connectivity index (χ4v) is 2.74. The average molecular weight is 402 g/mol. The first-order valence-corrected chi connectivity index (χ1v) is 8.92. The fraction of sp³-hybridized carbons (Fsp3) is 0.0870. The van der Waals surface area contributed by atoms with Crippen LogP contribution >= 0.6 is 0 Å². The van der Waals surface area contributed by atoms with Crippen LogP contribution in [-0.2, 0) is 9.53 Å². The third kappa shape index (κ3) is 4.56. The predicted octanol–water partition coefficient (Wildman–Crippen LogP) is 4.29. The Hall–Kier alpha value is -4.31. The Kier molecular flexibility index (Phi) is 5.99. The molecule has 0 aliphatic rings. The molecule has 30 heavy (non-hydrogen) atoms. The third-order valence-electron chi connectivity index (χ3n) is 4.33. The number of ether oxygens (including phenoxy) is 1. The number of carbonyl (C=O) groups excluding carboxylic acids is 2. The van der Waals surface area contributed by atoms with Gasteiger partial charge in [-0.1, -0.05) is 6.07 Å². The number of amides is 1. The first kappa shape index (κ1) is 20.4. The topological polar surface area (TPSA) is 113 Å². The molecule has 150 valence electrons. The minimum atomic E-state index is -0.606. The molecule has 1 amide bonds. The van der Waals surface area contributed by atoms with Crippen molar-refractivity contribution in [3.8, 4) is 23.1 Å². The van der Waals surface area contributed by atoms with E-state index in [9.17, 15) is 20.0 Å². The van der Waals surface area contributed by atoms with Gasteiger partial charge in [0.2, 0.25) is 0 Å². The molecule has 1 heterocycles. The van der Waals surface area contributed by atoms with E-state index in [4.69, 9.17) is 9.15 Å². The van der Waals surface area contributed by atoms with Crippen molar-refractivity contribution in [3.05, 3.63) is 77.1 Å². The fourth-order valence-electron chi connectivity index (χ4n) is 2.74. The van der Waals surface area contributed by atoms with Gasteiger partial charge in [-0.2, -0.15) is 5.26 Å². The quantitative estimate of drug-likeness (QED) is 0.285. The third-order valence-corrected chi connectivity index (χ3v) is 4.33. The number of aryl methyl sites for hydroxylation is 1. The summed E-state index contributed by atoms with van der Waals surface area (Å²) in [6.45, 7) is 1.88. The van der Waals surface area contributed by atoms with Crippen LogP contribution in [-0.4, -0.2) is 24.1 Å². The van der Waals surface area contributed by atoms with Crippen molar-refractivity contribution in [2.24, 2.45) is 0 Å². The Morgan fingerprint density at radius 2 is 1.87 bits per heavy atom. The van der Waals surface area contributed by atoms with Crippen molar-refractivity contribution in [2.75, 3.05) is 12.4 Å². The molecule has 2 aromatic carbocycles. The van der Waals surface area contributed by atoms with Crippen LogP contribution in [0.5, 0.6) is 5.75 Å². The van der Waals surface area contributed by atoms with Crippen LogP contribution in [0.4, 0.5) is 5.69 Å². The highest BCUT2D eigenvalue weighted by Gasteiger charge is 2.14. The lowest BCUT2D eigenvalue weighted by Gasteiger charge is -2.06. The van der Waals surface area contributed by atoms with Crippen LogP contribution in [0, 0.1) is 18.3 Å². The lowest BCUT2D eigenvalue weighted by molar-refractivity contribution is -0.112. The van der Waals surface area contributed by atoms with E-state index in [0.29, 0.717) is 28.3 Å². The lowest BCUT2D eigenvalue weighted by Crippen LogP contribution is -2.13. The van der Waals surface area contributed by atoms with Crippen molar-refractivity contribution in [2.45, 2.75) is 6.92 Å². The number of phenolic OH excluding ortho intramolecular Hbond substituents is 1. The molecule has 0 unspecified atom stereocenters. The minimum absolute atomic E-state index is 0.0683. The number of hydrogen-bond acceptors (Lipinski definition) is 6. The molecule has 0 spiro atoms. The number of hydrogen-bond donors (Lipinski definition) is 2. The number of nitrogens with zero attached hydrogens (tertiary/aromatic N) is 1. The molecule has 7 nitrogen and oxygen atoms in total. The molecule has 0 fully saturated rings. The predicted molar refractivity (Wildman–Crippen MR) is 111 cm³/mol. The van der Waals surface area contributed by atoms with E-state index in [-0.39, 0.29) is 11.3 Å². The Bertz CT molecular complexity index is 1170. The highest BCUT2D eigenvalue weighted by molar-refractivity contribution is 6.09. The average Bonchev–Trinajstić information content (AvgIpc) is 3.21. The van der Waals surface area contributed by atoms with Crippen LogP contribution in [0.1, 0.15) is 21.7 Å². The number of nitriles is 1. The zero-order chi connectivity index (χ0) is 21.7. The van der Waals surface area contributed by atoms with Crippen LogP contribution in [0.2, 0.25) is 0 Å². The Morgan fingerprint density at radius 3 is 2.53 bits per heavy atom. The minimum Gasteiger partial charge on any atom is -0.508 e. The summed E-state index contributed by atoms with van der Waals surface area (Å²) < 4.78 is 10.5. The number of methoxy groups -OCH3 is 1. The Morgan fingerprint density at radius 1 is 1.13 bits per heavy atom. The molecular formula is C23H18N2O5. The summed E-state index contributed by atoms with van der Waals surface area (Å²) in [5.41, 5.74) is 2.26. The lowest BCUT2D eigenvalue weighted by atomic mass is 10.0. The number of furan rings is 1. The maximum atomic E-state index is 12.4. The zero-order valence-corrected chi connectivity index (χ0v) is 16.3. The van der Waals surface area contributed by atoms with Gasteiger partial charge in [0.05, 0.1) is 12.7 Å². The SMILES string of the molecule is COC(=O)c1ccc(C)c(-c2ccc(C=C(C#N)C(=O)Nc3ccc(O)cc3)o2)c1. The number of carbonyl (C=O) groups is 2. The van der Waals surface area contributed by atoms with E-state index >= 15 is 0 Å². The standard InChI is InChI=1S/C23H18N2O5/c1-14-3-4-15(23(28)29-2)12-20(14)21-10-9-19(30-21)11-16(13-24)22(27)25-17-5-7-18(26)8-6-17/h3-12,26H,1-2H3,(H,25,27). The van der Waals surface area contributed by atoms with Gasteiger partial charge in [-0.3, -0.25) is 4.79 Å². The number of benzene rings is 2. The molecule has 0 atom stereocenters. The molecule has 2 N–H and O–H groups in total. The van der Waals surface area contributed by atoms with E-state index in [1.807, 2.05) is 13.0 Å². The zero-order valence-electron chi connectivity index (χ0n) is 16.3. The van der Waals surface area contributed by atoms with E-state index in [1.165, 1.54) is 37.5 Å². The Labute approximate surface area is 172 Å². The number of nitrogens with one attached hydrogen (secondary N) is 1. The van der Waals surface area contributed by atoms with E-state index < -0.39 is 11.9 Å². The molecule has 0 saturated carbocycles. The maximum absolute atomic E-state index is 12.4. The molecule has 3 aromatic rings. The first-order valence-electron chi connectivity index (χ1n) is 8.92. The van der Waals surface area contributed by atoms with Gasteiger partial charge in [-0.25, -0.2) is 4.79 Å². The van der Waals surface area contributed by atoms with Gasteiger partial charge in [0.15, 0.2) is 0 Å². The second-order valence-corrected chi connectivity index (χ2v) is 6.39. The van der Waals surface area contributed by atoms with E-state index in [2.05, 4.69) is 5.32 Å². The summed E-state index contributed by atoms with van der Waals surface area (Å²) in [6.07, 6.45) is 1.33. The van der Waals surface area contributed by atoms with Gasteiger partial charge in [-0.15, -0.1) is 0 Å². The normalized spacial score (nSPS) is 10.9. The van der Waals surface area contributed by atoms with Gasteiger partial charge in [-0.05, 0) is 61.0 Å². The second-order valence-electron chi connectivity index (χ2n) is 6.39. The van der Waals surface area contributed by atoms with Crippen molar-refractivity contribution in [3.63, 3.8) is 0 Å². The molecule has 0 aliphatic heterocycles. The molecule has 0 radical (unpaired) electrons. The summed E-state index contributed by atoms with van der Waals surface area (Å²) >= 11 is 0. The van der Waals surface area contributed by atoms with Crippen LogP contribution in [0.15, 0.2) is 64.6 Å². The van der Waals surface area contributed by atoms with Crippen LogP contribution in [0.25, 0.3) is 17.4 Å². The molecule has 7 heteroatoms. The first-order chi connectivity index (χ1) is 14.4. The van der Waals surface area contributed by atoms with Gasteiger partial charge in [0, 0.05) is 17.3 Å². The van der Waals surface area contributed by atoms with Crippen LogP contribution < -0.4 is 5.32 Å². The molecular weight excluding hydrogens is 384 g/mol. The van der Waals surface area contributed by atoms with Crippen molar-refractivity contribution >= 4 is 23.6 Å². The summed E-state index contributed by atoms with van der Waals surface area (Å²) in [5.74, 6) is -0.199. The summed E-state index contributed by atoms with van der Waals surface area (Å²) in [6, 6.07) is 16.2. The monoisotopic (exact) mass is 402 g/mol. The molecule has 0 saturated heterocycles. The summed E-state index contributed by atoms with van der Waals surface area (Å²) in [7, 11) is 1.31. The number of anilines is 1. The van der Waals surface area contributed by atoms with Gasteiger partial charge >= 0.3 is 5.97 Å². The number of aromatic hydroxyl groups is 1. The van der Waals surface area contributed by atoms with Gasteiger partial charge in [0.1, 0.15) is 28.9 Å². The maximum Gasteiger partial charge on any atom is 0.337 e. The number of rotatable bonds is 5. The second kappa shape index (κ2) is 8.80. The highest BCUT2D eigenvalue weighted by Crippen LogP contribution is 2.28. The largest absolute Gasteiger partial charge is 0.508 e. The summed E-state index contributed by atoms with van der Waals surface area (Å²) in [5, 5.41) is 21.2. The summed E-state index contributed by atoms with van der Waals surface area (Å²) in [4.78, 5) is 24.1. The highest BCUT2D eigenvalue weighted by atomic mass is 16.5. The smallest absolute Gasteiger partial charge is 0.337 e. The van der Waals surface area contributed by atoms with Crippen molar-refractivity contribution in [1.29, 1.82) is 5.26 Å². The van der Waals surface area contributed by atoms with E-state index in [1.54, 1.807) is 30.3 Å².